The lowest BCUT2D eigenvalue weighted by Crippen LogP contribution is -2.22. The zero-order chi connectivity index (χ0) is 36.9. The second kappa shape index (κ2) is 13.4. The lowest BCUT2D eigenvalue weighted by Gasteiger charge is -2.35. The van der Waals surface area contributed by atoms with E-state index in [1.807, 2.05) is 24.3 Å². The average Bonchev–Trinajstić information content (AvgIpc) is 3.41. The summed E-state index contributed by atoms with van der Waals surface area (Å²) >= 11 is 0. The van der Waals surface area contributed by atoms with E-state index in [0.717, 1.165) is 29.2 Å². The highest BCUT2D eigenvalue weighted by Gasteiger charge is 2.35. The molecule has 2 nitrogen and oxygen atoms in total. The summed E-state index contributed by atoms with van der Waals surface area (Å²) in [5.41, 5.74) is 19.0. The fraction of sp³-hybridized carbons (Fsp3) is 0.118. The SMILES string of the molecule is C=CC1=C(/C=C\C)C(C)(C)c2cc(-c3ccc4cc(-c5ccc6c(c5)N(c5ccccc5N=C)Cc5ccc(C=C)c(/C=C\C)c5-6)ccc4c3)ccc21. The minimum absolute atomic E-state index is 0.0911. The van der Waals surface area contributed by atoms with Crippen LogP contribution in [0.1, 0.15) is 55.5 Å². The van der Waals surface area contributed by atoms with Crippen LogP contribution in [-0.4, -0.2) is 6.72 Å². The first kappa shape index (κ1) is 33.9. The van der Waals surface area contributed by atoms with Crippen LogP contribution in [0.15, 0.2) is 157 Å². The van der Waals surface area contributed by atoms with Crippen LogP contribution in [0.3, 0.4) is 0 Å². The van der Waals surface area contributed by atoms with Crippen LogP contribution in [0.2, 0.25) is 0 Å². The molecule has 0 N–H and O–H groups in total. The van der Waals surface area contributed by atoms with Gasteiger partial charge in [-0.3, -0.25) is 4.99 Å². The van der Waals surface area contributed by atoms with Crippen molar-refractivity contribution in [3.05, 3.63) is 180 Å². The molecule has 0 saturated carbocycles. The predicted molar refractivity (Wildman–Crippen MR) is 232 cm³/mol. The van der Waals surface area contributed by atoms with Gasteiger partial charge in [-0.2, -0.15) is 0 Å². The van der Waals surface area contributed by atoms with Gasteiger partial charge in [-0.15, -0.1) is 0 Å². The van der Waals surface area contributed by atoms with Crippen LogP contribution in [0.5, 0.6) is 0 Å². The molecule has 0 aromatic heterocycles. The van der Waals surface area contributed by atoms with Crippen molar-refractivity contribution in [3.63, 3.8) is 0 Å². The summed E-state index contributed by atoms with van der Waals surface area (Å²) in [5, 5.41) is 2.43. The molecule has 0 spiro atoms. The Morgan fingerprint density at radius 2 is 1.30 bits per heavy atom. The summed E-state index contributed by atoms with van der Waals surface area (Å²) in [6.45, 7) is 21.7. The van der Waals surface area contributed by atoms with Gasteiger partial charge in [0.05, 0.1) is 17.1 Å². The van der Waals surface area contributed by atoms with Crippen LogP contribution in [0.25, 0.3) is 61.9 Å². The lowest BCUT2D eigenvalue weighted by molar-refractivity contribution is 0.654. The molecule has 6 aromatic rings. The monoisotopic (exact) mass is 684 g/mol. The van der Waals surface area contributed by atoms with Crippen molar-refractivity contribution in [2.45, 2.75) is 39.7 Å². The Morgan fingerprint density at radius 3 is 1.96 bits per heavy atom. The molecule has 0 radical (unpaired) electrons. The highest BCUT2D eigenvalue weighted by Crippen LogP contribution is 2.50. The van der Waals surface area contributed by atoms with Crippen molar-refractivity contribution in [2.24, 2.45) is 4.99 Å². The van der Waals surface area contributed by atoms with Gasteiger partial charge in [-0.1, -0.05) is 136 Å². The summed E-state index contributed by atoms with van der Waals surface area (Å²) < 4.78 is 0. The molecular weight excluding hydrogens is 641 g/mol. The standard InChI is InChI=1S/C51H44N2/c1-8-14-42-33(10-3)18-23-40-32-53(48-17-13-12-16-47(48)52-7)49-31-39(25-27-44(49)50(40)42)37-22-20-34-28-36(21-19-35(34)29-37)38-24-26-43-41(11-4)45(15-9-2)51(5,6)46(43)30-38/h8-31H,3-4,7,32H2,1-2,5-6H3/b14-8-,15-9-. The number of fused-ring (bicyclic) bond motifs is 5. The molecule has 8 rings (SSSR count). The second-order valence-electron chi connectivity index (χ2n) is 14.5. The van der Waals surface area contributed by atoms with E-state index in [0.29, 0.717) is 0 Å². The first-order valence-corrected chi connectivity index (χ1v) is 18.4. The molecule has 2 aliphatic rings. The molecule has 0 saturated heterocycles. The summed E-state index contributed by atoms with van der Waals surface area (Å²) in [6.07, 6.45) is 12.6. The molecule has 0 amide bonds. The Hall–Kier alpha value is -6.25. The third-order valence-corrected chi connectivity index (χ3v) is 11.1. The Morgan fingerprint density at radius 1 is 0.660 bits per heavy atom. The number of para-hydroxylation sites is 2. The smallest absolute Gasteiger partial charge is 0.0859 e. The molecule has 0 fully saturated rings. The molecular formula is C51H44N2. The fourth-order valence-corrected chi connectivity index (χ4v) is 8.49. The molecule has 2 heteroatoms. The molecule has 1 heterocycles. The first-order valence-electron chi connectivity index (χ1n) is 18.4. The van der Waals surface area contributed by atoms with Gasteiger partial charge < -0.3 is 4.90 Å². The van der Waals surface area contributed by atoms with Gasteiger partial charge >= 0.3 is 0 Å². The maximum atomic E-state index is 4.41. The van der Waals surface area contributed by atoms with E-state index in [2.05, 4.69) is 179 Å². The minimum Gasteiger partial charge on any atom is -0.335 e. The maximum absolute atomic E-state index is 4.41. The van der Waals surface area contributed by atoms with Gasteiger partial charge in [-0.25, -0.2) is 0 Å². The highest BCUT2D eigenvalue weighted by atomic mass is 15.2. The van der Waals surface area contributed by atoms with Gasteiger partial charge in [0.25, 0.3) is 0 Å². The van der Waals surface area contributed by atoms with Crippen LogP contribution >= 0.6 is 0 Å². The van der Waals surface area contributed by atoms with E-state index in [9.17, 15) is 0 Å². The van der Waals surface area contributed by atoms with Gasteiger partial charge in [-0.05, 0) is 135 Å². The van der Waals surface area contributed by atoms with Crippen molar-refractivity contribution in [2.75, 3.05) is 4.90 Å². The van der Waals surface area contributed by atoms with E-state index < -0.39 is 0 Å². The first-order chi connectivity index (χ1) is 25.8. The molecule has 1 aliphatic carbocycles. The van der Waals surface area contributed by atoms with Crippen LogP contribution in [0, 0.1) is 0 Å². The maximum Gasteiger partial charge on any atom is 0.0859 e. The van der Waals surface area contributed by atoms with Gasteiger partial charge in [0.15, 0.2) is 0 Å². The molecule has 6 aromatic carbocycles. The van der Waals surface area contributed by atoms with E-state index in [1.54, 1.807) is 0 Å². The summed E-state index contributed by atoms with van der Waals surface area (Å²) in [4.78, 5) is 6.80. The number of benzene rings is 6. The number of rotatable bonds is 8. The number of allylic oxidation sites excluding steroid dienone is 6. The van der Waals surface area contributed by atoms with Crippen LogP contribution in [-0.2, 0) is 12.0 Å². The van der Waals surface area contributed by atoms with Gasteiger partial charge in [0, 0.05) is 17.5 Å². The van der Waals surface area contributed by atoms with Crippen molar-refractivity contribution in [1.29, 1.82) is 0 Å². The van der Waals surface area contributed by atoms with Crippen LogP contribution < -0.4 is 4.90 Å². The Bertz CT molecular complexity index is 2590. The fourth-order valence-electron chi connectivity index (χ4n) is 8.49. The second-order valence-corrected chi connectivity index (χ2v) is 14.5. The van der Waals surface area contributed by atoms with Crippen LogP contribution in [0.4, 0.5) is 17.1 Å². The number of hydrogen-bond donors (Lipinski definition) is 0. The summed E-state index contributed by atoms with van der Waals surface area (Å²) in [7, 11) is 0. The number of hydrogen-bond acceptors (Lipinski definition) is 2. The third kappa shape index (κ3) is 5.54. The minimum atomic E-state index is -0.0911. The van der Waals surface area contributed by atoms with E-state index in [4.69, 9.17) is 0 Å². The highest BCUT2D eigenvalue weighted by molar-refractivity contribution is 5.98. The molecule has 53 heavy (non-hydrogen) atoms. The normalized spacial score (nSPS) is 14.5. The van der Waals surface area contributed by atoms with Crippen molar-refractivity contribution >= 4 is 52.3 Å². The number of anilines is 2. The Balaban J connectivity index is 1.21. The van der Waals surface area contributed by atoms with E-state index in [1.165, 1.54) is 77.6 Å². The average molecular weight is 685 g/mol. The van der Waals surface area contributed by atoms with Crippen molar-refractivity contribution < 1.29 is 0 Å². The zero-order valence-electron chi connectivity index (χ0n) is 31.1. The molecule has 0 bridgehead atoms. The number of aliphatic imine (C=N–C) groups is 1. The Labute approximate surface area is 314 Å². The Kier molecular flexibility index (Phi) is 8.55. The molecule has 0 atom stereocenters. The summed E-state index contributed by atoms with van der Waals surface area (Å²) in [6, 6.07) is 40.2. The molecule has 1 aliphatic heterocycles. The zero-order valence-corrected chi connectivity index (χ0v) is 31.1. The summed E-state index contributed by atoms with van der Waals surface area (Å²) in [5.74, 6) is 0. The predicted octanol–water partition coefficient (Wildman–Crippen LogP) is 14.3. The van der Waals surface area contributed by atoms with Gasteiger partial charge in [0.2, 0.25) is 0 Å². The van der Waals surface area contributed by atoms with E-state index in [-0.39, 0.29) is 5.41 Å². The van der Waals surface area contributed by atoms with Gasteiger partial charge in [0.1, 0.15) is 0 Å². The largest absolute Gasteiger partial charge is 0.335 e. The van der Waals surface area contributed by atoms with E-state index >= 15 is 0 Å². The third-order valence-electron chi connectivity index (χ3n) is 11.1. The van der Waals surface area contributed by atoms with Crippen molar-refractivity contribution in [3.8, 4) is 33.4 Å². The molecule has 0 unspecified atom stereocenters. The number of nitrogens with zero attached hydrogens (tertiary/aromatic N) is 2. The quantitative estimate of drug-likeness (QED) is 0.146. The lowest BCUT2D eigenvalue weighted by atomic mass is 9.80. The topological polar surface area (TPSA) is 15.6 Å². The van der Waals surface area contributed by atoms with Crippen molar-refractivity contribution in [1.82, 2.24) is 0 Å². The molecule has 258 valence electrons.